The van der Waals surface area contributed by atoms with Crippen molar-refractivity contribution in [3.8, 4) is 5.75 Å². The van der Waals surface area contributed by atoms with Crippen LogP contribution in [0, 0.1) is 0 Å². The van der Waals surface area contributed by atoms with Gasteiger partial charge in [0.25, 0.3) is 0 Å². The summed E-state index contributed by atoms with van der Waals surface area (Å²) in [4.78, 5) is 0. The summed E-state index contributed by atoms with van der Waals surface area (Å²) in [5, 5.41) is 0.915. The van der Waals surface area contributed by atoms with E-state index in [9.17, 15) is 0 Å². The molecular formula is C11H15Cl2NO. The minimum absolute atomic E-state index is 0.171. The van der Waals surface area contributed by atoms with E-state index in [2.05, 4.69) is 13.8 Å². The molecule has 0 aromatic heterocycles. The van der Waals surface area contributed by atoms with E-state index in [1.165, 1.54) is 0 Å². The molecule has 0 saturated carbocycles. The first-order valence-electron chi connectivity index (χ1n) is 4.99. The molecule has 0 aliphatic heterocycles. The van der Waals surface area contributed by atoms with Crippen LogP contribution in [0.25, 0.3) is 0 Å². The molecule has 1 aromatic rings. The Bertz CT molecular complexity index is 338. The fourth-order valence-corrected chi connectivity index (χ4v) is 1.61. The molecule has 0 heterocycles. The summed E-state index contributed by atoms with van der Waals surface area (Å²) in [6, 6.07) is 3.28. The predicted octanol–water partition coefficient (Wildman–Crippen LogP) is 4.14. The van der Waals surface area contributed by atoms with Crippen molar-refractivity contribution in [3.63, 3.8) is 0 Å². The van der Waals surface area contributed by atoms with Gasteiger partial charge in [0.1, 0.15) is 5.75 Å². The van der Waals surface area contributed by atoms with Crippen LogP contribution in [0.2, 0.25) is 10.0 Å². The summed E-state index contributed by atoms with van der Waals surface area (Å²) >= 11 is 11.7. The van der Waals surface area contributed by atoms with Crippen LogP contribution in [-0.4, -0.2) is 6.10 Å². The van der Waals surface area contributed by atoms with E-state index < -0.39 is 0 Å². The fourth-order valence-electron chi connectivity index (χ4n) is 1.28. The van der Waals surface area contributed by atoms with Gasteiger partial charge in [-0.2, -0.15) is 0 Å². The summed E-state index contributed by atoms with van der Waals surface area (Å²) in [5.74, 6) is 0.609. The van der Waals surface area contributed by atoms with Gasteiger partial charge in [-0.25, -0.2) is 0 Å². The molecule has 2 N–H and O–H groups in total. The number of hydrogen-bond donors (Lipinski definition) is 1. The number of hydrogen-bond acceptors (Lipinski definition) is 2. The lowest BCUT2D eigenvalue weighted by molar-refractivity contribution is 0.194. The standard InChI is InChI=1S/C11H15Cl2NO/c1-3-7(4-2)15-11-6-9(13)8(12)5-10(11)14/h5-7H,3-4,14H2,1-2H3. The van der Waals surface area contributed by atoms with Crippen LogP contribution in [0.5, 0.6) is 5.75 Å². The maximum atomic E-state index is 5.89. The number of anilines is 1. The normalized spacial score (nSPS) is 10.7. The smallest absolute Gasteiger partial charge is 0.144 e. The van der Waals surface area contributed by atoms with Gasteiger partial charge < -0.3 is 10.5 Å². The molecule has 84 valence electrons. The lowest BCUT2D eigenvalue weighted by Crippen LogP contribution is -2.14. The van der Waals surface area contributed by atoms with Gasteiger partial charge in [-0.1, -0.05) is 37.0 Å². The Hall–Kier alpha value is -0.600. The third-order valence-electron chi connectivity index (χ3n) is 2.26. The van der Waals surface area contributed by atoms with Crippen LogP contribution in [-0.2, 0) is 0 Å². The highest BCUT2D eigenvalue weighted by Crippen LogP contribution is 2.33. The van der Waals surface area contributed by atoms with Crippen molar-refractivity contribution < 1.29 is 4.74 Å². The van der Waals surface area contributed by atoms with E-state index in [0.717, 1.165) is 12.8 Å². The molecule has 0 saturated heterocycles. The monoisotopic (exact) mass is 247 g/mol. The summed E-state index contributed by atoms with van der Waals surface area (Å²) in [5.41, 5.74) is 6.30. The largest absolute Gasteiger partial charge is 0.488 e. The van der Waals surface area contributed by atoms with Crippen molar-refractivity contribution in [2.24, 2.45) is 0 Å². The summed E-state index contributed by atoms with van der Waals surface area (Å²) < 4.78 is 5.71. The third-order valence-corrected chi connectivity index (χ3v) is 2.98. The molecule has 0 amide bonds. The van der Waals surface area contributed by atoms with Crippen LogP contribution < -0.4 is 10.5 Å². The van der Waals surface area contributed by atoms with Crippen molar-refractivity contribution in [2.45, 2.75) is 32.8 Å². The highest BCUT2D eigenvalue weighted by atomic mass is 35.5. The van der Waals surface area contributed by atoms with Crippen molar-refractivity contribution in [3.05, 3.63) is 22.2 Å². The number of nitrogens with two attached hydrogens (primary N) is 1. The molecule has 4 heteroatoms. The topological polar surface area (TPSA) is 35.2 Å². The first-order valence-corrected chi connectivity index (χ1v) is 5.75. The zero-order valence-corrected chi connectivity index (χ0v) is 10.4. The van der Waals surface area contributed by atoms with Gasteiger partial charge in [0.15, 0.2) is 0 Å². The van der Waals surface area contributed by atoms with Crippen LogP contribution in [0.1, 0.15) is 26.7 Å². The molecule has 0 unspecified atom stereocenters. The van der Waals surface area contributed by atoms with Crippen molar-refractivity contribution in [1.82, 2.24) is 0 Å². The highest BCUT2D eigenvalue weighted by Gasteiger charge is 2.10. The average Bonchev–Trinajstić information content (AvgIpc) is 2.21. The van der Waals surface area contributed by atoms with E-state index in [-0.39, 0.29) is 6.10 Å². The lowest BCUT2D eigenvalue weighted by Gasteiger charge is -2.17. The van der Waals surface area contributed by atoms with Crippen LogP contribution in [0.4, 0.5) is 5.69 Å². The summed E-state index contributed by atoms with van der Waals surface area (Å²) in [6.45, 7) is 4.14. The van der Waals surface area contributed by atoms with Crippen LogP contribution >= 0.6 is 23.2 Å². The van der Waals surface area contributed by atoms with E-state index in [1.807, 2.05) is 0 Å². The number of ether oxygens (including phenoxy) is 1. The summed E-state index contributed by atoms with van der Waals surface area (Å²) in [7, 11) is 0. The van der Waals surface area contributed by atoms with E-state index >= 15 is 0 Å². The molecule has 0 radical (unpaired) electrons. The van der Waals surface area contributed by atoms with Gasteiger partial charge in [-0.3, -0.25) is 0 Å². The minimum Gasteiger partial charge on any atom is -0.488 e. The van der Waals surface area contributed by atoms with Gasteiger partial charge in [0.2, 0.25) is 0 Å². The maximum Gasteiger partial charge on any atom is 0.144 e. The van der Waals surface area contributed by atoms with Gasteiger partial charge in [0, 0.05) is 6.07 Å². The molecule has 0 bridgehead atoms. The third kappa shape index (κ3) is 3.18. The zero-order chi connectivity index (χ0) is 11.4. The number of halogens is 2. The Labute approximate surface area is 100 Å². The Morgan fingerprint density at radius 3 is 2.27 bits per heavy atom. The highest BCUT2D eigenvalue weighted by molar-refractivity contribution is 6.42. The second kappa shape index (κ2) is 5.47. The maximum absolute atomic E-state index is 5.89. The van der Waals surface area contributed by atoms with Gasteiger partial charge >= 0.3 is 0 Å². The molecular weight excluding hydrogens is 233 g/mol. The van der Waals surface area contributed by atoms with Crippen LogP contribution in [0.3, 0.4) is 0 Å². The molecule has 0 fully saturated rings. The van der Waals surface area contributed by atoms with E-state index in [0.29, 0.717) is 21.5 Å². The van der Waals surface area contributed by atoms with Gasteiger partial charge in [0.05, 0.1) is 21.8 Å². The van der Waals surface area contributed by atoms with E-state index in [1.54, 1.807) is 12.1 Å². The Morgan fingerprint density at radius 1 is 1.20 bits per heavy atom. The molecule has 0 spiro atoms. The average molecular weight is 248 g/mol. The van der Waals surface area contributed by atoms with Crippen molar-refractivity contribution in [1.29, 1.82) is 0 Å². The van der Waals surface area contributed by atoms with Gasteiger partial charge in [-0.05, 0) is 18.9 Å². The minimum atomic E-state index is 0.171. The van der Waals surface area contributed by atoms with Gasteiger partial charge in [-0.15, -0.1) is 0 Å². The predicted molar refractivity (Wildman–Crippen MR) is 65.9 cm³/mol. The Balaban J connectivity index is 2.89. The molecule has 0 aliphatic rings. The number of rotatable bonds is 4. The Kier molecular flexibility index (Phi) is 4.55. The quantitative estimate of drug-likeness (QED) is 0.812. The molecule has 0 aliphatic carbocycles. The second-order valence-corrected chi connectivity index (χ2v) is 4.17. The first kappa shape index (κ1) is 12.5. The van der Waals surface area contributed by atoms with E-state index in [4.69, 9.17) is 33.7 Å². The SMILES string of the molecule is CCC(CC)Oc1cc(Cl)c(Cl)cc1N. The number of nitrogen functional groups attached to an aromatic ring is 1. The molecule has 1 aromatic carbocycles. The molecule has 1 rings (SSSR count). The number of benzene rings is 1. The Morgan fingerprint density at radius 2 is 1.73 bits per heavy atom. The molecule has 0 atom stereocenters. The molecule has 15 heavy (non-hydrogen) atoms. The first-order chi connectivity index (χ1) is 7.08. The fraction of sp³-hybridized carbons (Fsp3) is 0.455. The molecule has 2 nitrogen and oxygen atoms in total. The summed E-state index contributed by atoms with van der Waals surface area (Å²) in [6.07, 6.45) is 2.05. The van der Waals surface area contributed by atoms with Crippen molar-refractivity contribution >= 4 is 28.9 Å². The lowest BCUT2D eigenvalue weighted by atomic mass is 10.2. The van der Waals surface area contributed by atoms with Crippen LogP contribution in [0.15, 0.2) is 12.1 Å². The zero-order valence-electron chi connectivity index (χ0n) is 8.89. The van der Waals surface area contributed by atoms with Crippen molar-refractivity contribution in [2.75, 3.05) is 5.73 Å². The second-order valence-electron chi connectivity index (χ2n) is 3.36.